The van der Waals surface area contributed by atoms with Gasteiger partial charge in [0.05, 0.1) is 5.69 Å². The van der Waals surface area contributed by atoms with Crippen LogP contribution in [0, 0.1) is 6.92 Å². The smallest absolute Gasteiger partial charge is 0.267 e. The Morgan fingerprint density at radius 3 is 2.56 bits per heavy atom. The molecule has 0 radical (unpaired) electrons. The third kappa shape index (κ3) is 4.35. The van der Waals surface area contributed by atoms with Gasteiger partial charge in [0.1, 0.15) is 9.88 Å². The summed E-state index contributed by atoms with van der Waals surface area (Å²) < 4.78 is 0. The number of nitrogens with one attached hydrogen (secondary N) is 1. The van der Waals surface area contributed by atoms with Crippen LogP contribution in [-0.4, -0.2) is 35.8 Å². The minimum absolute atomic E-state index is 0.122. The summed E-state index contributed by atoms with van der Waals surface area (Å²) in [6, 6.07) is 14.2. The van der Waals surface area contributed by atoms with Gasteiger partial charge in [0.15, 0.2) is 0 Å². The largest absolute Gasteiger partial charge is 0.345 e. The maximum absolute atomic E-state index is 12.7. The van der Waals surface area contributed by atoms with E-state index in [2.05, 4.69) is 10.3 Å². The average Bonchev–Trinajstić information content (AvgIpc) is 3.03. The predicted octanol–water partition coefficient (Wildman–Crippen LogP) is 4.73. The molecule has 0 bridgehead atoms. The minimum atomic E-state index is -0.257. The Morgan fingerprint density at radius 2 is 1.85 bits per heavy atom. The van der Waals surface area contributed by atoms with Crippen molar-refractivity contribution in [2.45, 2.75) is 6.92 Å². The number of carbonyl (C=O) groups excluding carboxylic acids is 2. The average molecular weight is 400 g/mol. The molecule has 0 saturated heterocycles. The van der Waals surface area contributed by atoms with Crippen molar-refractivity contribution >= 4 is 40.4 Å². The zero-order valence-electron chi connectivity index (χ0n) is 15.1. The second-order valence-electron chi connectivity index (χ2n) is 6.18. The Kier molecular flexibility index (Phi) is 5.58. The molecule has 1 N–H and O–H groups in total. The number of halogens is 1. The van der Waals surface area contributed by atoms with Crippen LogP contribution in [0.1, 0.15) is 25.7 Å². The van der Waals surface area contributed by atoms with Crippen molar-refractivity contribution in [3.8, 4) is 10.6 Å². The molecule has 2 amide bonds. The van der Waals surface area contributed by atoms with Crippen molar-refractivity contribution in [1.29, 1.82) is 0 Å². The lowest BCUT2D eigenvalue weighted by Crippen LogP contribution is -2.21. The Hall–Kier alpha value is -2.70. The van der Waals surface area contributed by atoms with Gasteiger partial charge in [0.25, 0.3) is 11.8 Å². The van der Waals surface area contributed by atoms with E-state index in [0.29, 0.717) is 26.8 Å². The number of thiazole rings is 1. The zero-order valence-corrected chi connectivity index (χ0v) is 16.7. The summed E-state index contributed by atoms with van der Waals surface area (Å²) in [5, 5.41) is 4.20. The van der Waals surface area contributed by atoms with Gasteiger partial charge in [-0.3, -0.25) is 9.59 Å². The molecule has 0 spiro atoms. The van der Waals surface area contributed by atoms with E-state index in [-0.39, 0.29) is 11.8 Å². The summed E-state index contributed by atoms with van der Waals surface area (Å²) in [6.45, 7) is 1.80. The number of nitrogens with zero attached hydrogens (tertiary/aromatic N) is 2. The molecule has 0 aliphatic rings. The second kappa shape index (κ2) is 7.90. The fourth-order valence-corrected chi connectivity index (χ4v) is 3.68. The van der Waals surface area contributed by atoms with Crippen molar-refractivity contribution < 1.29 is 9.59 Å². The molecule has 3 aromatic rings. The molecular formula is C20H18ClN3O2S. The van der Waals surface area contributed by atoms with E-state index in [1.165, 1.54) is 16.2 Å². The van der Waals surface area contributed by atoms with Crippen LogP contribution in [0.2, 0.25) is 5.02 Å². The van der Waals surface area contributed by atoms with E-state index in [0.717, 1.165) is 10.6 Å². The van der Waals surface area contributed by atoms with Gasteiger partial charge in [-0.05, 0) is 37.3 Å². The molecule has 0 aliphatic carbocycles. The van der Waals surface area contributed by atoms with Crippen molar-refractivity contribution in [1.82, 2.24) is 9.88 Å². The first kappa shape index (κ1) is 19.1. The molecular weight excluding hydrogens is 382 g/mol. The highest BCUT2D eigenvalue weighted by atomic mass is 35.5. The van der Waals surface area contributed by atoms with Crippen LogP contribution in [0.3, 0.4) is 0 Å². The maximum Gasteiger partial charge on any atom is 0.267 e. The highest BCUT2D eigenvalue weighted by Crippen LogP contribution is 2.30. The van der Waals surface area contributed by atoms with E-state index in [1.54, 1.807) is 51.4 Å². The fraction of sp³-hybridized carbons (Fsp3) is 0.150. The highest BCUT2D eigenvalue weighted by Gasteiger charge is 2.17. The number of carbonyl (C=O) groups is 2. The van der Waals surface area contributed by atoms with Crippen LogP contribution >= 0.6 is 22.9 Å². The molecule has 0 unspecified atom stereocenters. The van der Waals surface area contributed by atoms with E-state index >= 15 is 0 Å². The number of aromatic nitrogens is 1. The molecule has 0 fully saturated rings. The van der Waals surface area contributed by atoms with E-state index < -0.39 is 0 Å². The summed E-state index contributed by atoms with van der Waals surface area (Å²) in [7, 11) is 3.37. The molecule has 27 heavy (non-hydrogen) atoms. The van der Waals surface area contributed by atoms with Crippen LogP contribution < -0.4 is 5.32 Å². The summed E-state index contributed by atoms with van der Waals surface area (Å²) in [5.41, 5.74) is 2.59. The number of hydrogen-bond donors (Lipinski definition) is 1. The third-order valence-corrected chi connectivity index (χ3v) is 5.29. The fourth-order valence-electron chi connectivity index (χ4n) is 2.53. The van der Waals surface area contributed by atoms with Crippen molar-refractivity contribution in [2.24, 2.45) is 0 Å². The lowest BCUT2D eigenvalue weighted by Gasteiger charge is -2.11. The molecule has 1 heterocycles. The van der Waals surface area contributed by atoms with E-state index in [1.807, 2.05) is 18.2 Å². The molecule has 0 atom stereocenters. The summed E-state index contributed by atoms with van der Waals surface area (Å²) >= 11 is 7.35. The molecule has 7 heteroatoms. The number of hydrogen-bond acceptors (Lipinski definition) is 4. The third-order valence-electron chi connectivity index (χ3n) is 3.85. The molecule has 138 valence electrons. The Labute approximate surface area is 166 Å². The van der Waals surface area contributed by atoms with Crippen LogP contribution in [0.25, 0.3) is 10.6 Å². The number of amides is 2. The van der Waals surface area contributed by atoms with Gasteiger partial charge in [-0.15, -0.1) is 11.3 Å². The maximum atomic E-state index is 12.7. The van der Waals surface area contributed by atoms with Gasteiger partial charge in [-0.2, -0.15) is 0 Å². The first-order chi connectivity index (χ1) is 12.8. The van der Waals surface area contributed by atoms with Crippen LogP contribution in [0.5, 0.6) is 0 Å². The number of aryl methyl sites for hydroxylation is 1. The molecule has 1 aromatic heterocycles. The molecule has 3 rings (SSSR count). The minimum Gasteiger partial charge on any atom is -0.345 e. The summed E-state index contributed by atoms with van der Waals surface area (Å²) in [5.74, 6) is -0.379. The monoisotopic (exact) mass is 399 g/mol. The van der Waals surface area contributed by atoms with Gasteiger partial charge in [-0.25, -0.2) is 4.98 Å². The van der Waals surface area contributed by atoms with Crippen molar-refractivity contribution in [2.75, 3.05) is 19.4 Å². The van der Waals surface area contributed by atoms with Gasteiger partial charge in [0, 0.05) is 35.9 Å². The second-order valence-corrected chi connectivity index (χ2v) is 7.61. The normalized spacial score (nSPS) is 10.5. The zero-order chi connectivity index (χ0) is 19.6. The van der Waals surface area contributed by atoms with E-state index in [9.17, 15) is 9.59 Å². The highest BCUT2D eigenvalue weighted by molar-refractivity contribution is 7.17. The van der Waals surface area contributed by atoms with Crippen molar-refractivity contribution in [3.63, 3.8) is 0 Å². The van der Waals surface area contributed by atoms with Gasteiger partial charge in [0.2, 0.25) is 0 Å². The van der Waals surface area contributed by atoms with Gasteiger partial charge in [-0.1, -0.05) is 29.8 Å². The van der Waals surface area contributed by atoms with E-state index in [4.69, 9.17) is 11.6 Å². The van der Waals surface area contributed by atoms with Gasteiger partial charge < -0.3 is 10.2 Å². The number of anilines is 1. The standard InChI is InChI=1S/C20H18ClN3O2S/c1-12-17(27-19(22-12)13-6-4-8-15(21)10-13)18(25)23-16-9-5-7-14(11-16)20(26)24(2)3/h4-11H,1-3H3,(H,23,25). The molecule has 5 nitrogen and oxygen atoms in total. The lowest BCUT2D eigenvalue weighted by atomic mass is 10.2. The van der Waals surface area contributed by atoms with Crippen LogP contribution in [0.4, 0.5) is 5.69 Å². The first-order valence-corrected chi connectivity index (χ1v) is 9.41. The molecule has 0 aliphatic heterocycles. The Morgan fingerprint density at radius 1 is 1.11 bits per heavy atom. The quantitative estimate of drug-likeness (QED) is 0.690. The molecule has 0 saturated carbocycles. The van der Waals surface area contributed by atoms with Crippen LogP contribution in [-0.2, 0) is 0 Å². The summed E-state index contributed by atoms with van der Waals surface area (Å²) in [4.78, 5) is 31.3. The molecule has 2 aromatic carbocycles. The summed E-state index contributed by atoms with van der Waals surface area (Å²) in [6.07, 6.45) is 0. The van der Waals surface area contributed by atoms with Crippen molar-refractivity contribution in [3.05, 3.63) is 69.7 Å². The Bertz CT molecular complexity index is 1010. The van der Waals surface area contributed by atoms with Gasteiger partial charge >= 0.3 is 0 Å². The van der Waals surface area contributed by atoms with Crippen LogP contribution in [0.15, 0.2) is 48.5 Å². The number of rotatable bonds is 4. The SMILES string of the molecule is Cc1nc(-c2cccc(Cl)c2)sc1C(=O)Nc1cccc(C(=O)N(C)C)c1. The number of benzene rings is 2. The predicted molar refractivity (Wildman–Crippen MR) is 110 cm³/mol. The topological polar surface area (TPSA) is 62.3 Å². The Balaban J connectivity index is 1.83. The first-order valence-electron chi connectivity index (χ1n) is 8.21. The lowest BCUT2D eigenvalue weighted by molar-refractivity contribution is 0.0827.